The fourth-order valence-corrected chi connectivity index (χ4v) is 2.28. The van der Waals surface area contributed by atoms with Gasteiger partial charge < -0.3 is 9.73 Å². The summed E-state index contributed by atoms with van der Waals surface area (Å²) in [4.78, 5) is 22.1. The largest absolute Gasteiger partial charge is 0.451 e. The third kappa shape index (κ3) is 3.67. The first-order valence-electron chi connectivity index (χ1n) is 7.05. The summed E-state index contributed by atoms with van der Waals surface area (Å²) in [7, 11) is 0. The zero-order valence-electron chi connectivity index (χ0n) is 12.5. The molecular formula is C17H10ClFN2O4. The van der Waals surface area contributed by atoms with E-state index in [4.69, 9.17) is 16.0 Å². The molecule has 25 heavy (non-hydrogen) atoms. The molecule has 1 amide bonds. The molecule has 126 valence electrons. The number of rotatable bonds is 4. The van der Waals surface area contributed by atoms with E-state index in [0.717, 1.165) is 17.7 Å². The van der Waals surface area contributed by atoms with Crippen LogP contribution >= 0.6 is 11.6 Å². The second-order valence-electron chi connectivity index (χ2n) is 5.05. The van der Waals surface area contributed by atoms with E-state index in [1.165, 1.54) is 12.1 Å². The number of hydrogen-bond donors (Lipinski definition) is 1. The Bertz CT molecular complexity index is 954. The van der Waals surface area contributed by atoms with Gasteiger partial charge in [-0.3, -0.25) is 14.9 Å². The van der Waals surface area contributed by atoms with Gasteiger partial charge in [0, 0.05) is 22.3 Å². The third-order valence-electron chi connectivity index (χ3n) is 3.36. The molecule has 8 heteroatoms. The Morgan fingerprint density at radius 1 is 1.12 bits per heavy atom. The lowest BCUT2D eigenvalue weighted by atomic mass is 10.2. The standard InChI is InChI=1S/C17H10ClFN2O4/c18-11-3-1-10(2-4-11)15-7-8-16(25-15)17(22)20-12-5-6-13(19)14(9-12)21(23)24/h1-9H,(H,20,22). The fraction of sp³-hybridized carbons (Fsp3) is 0. The van der Waals surface area contributed by atoms with Crippen LogP contribution in [0, 0.1) is 15.9 Å². The summed E-state index contributed by atoms with van der Waals surface area (Å²) in [6.45, 7) is 0. The topological polar surface area (TPSA) is 85.4 Å². The van der Waals surface area contributed by atoms with Crippen LogP contribution in [0.5, 0.6) is 0 Å². The second-order valence-corrected chi connectivity index (χ2v) is 5.48. The van der Waals surface area contributed by atoms with Crippen molar-refractivity contribution >= 4 is 28.9 Å². The molecule has 3 aromatic rings. The van der Waals surface area contributed by atoms with E-state index in [0.29, 0.717) is 10.8 Å². The van der Waals surface area contributed by atoms with Crippen molar-refractivity contribution in [2.45, 2.75) is 0 Å². The summed E-state index contributed by atoms with van der Waals surface area (Å²) < 4.78 is 18.8. The molecule has 0 atom stereocenters. The van der Waals surface area contributed by atoms with Crippen molar-refractivity contribution in [1.82, 2.24) is 0 Å². The Kier molecular flexibility index (Phi) is 4.49. The maximum atomic E-state index is 13.3. The SMILES string of the molecule is O=C(Nc1ccc(F)c([N+](=O)[O-])c1)c1ccc(-c2ccc(Cl)cc2)o1. The highest BCUT2D eigenvalue weighted by atomic mass is 35.5. The van der Waals surface area contributed by atoms with Gasteiger partial charge in [-0.05, 0) is 48.5 Å². The molecule has 2 aromatic carbocycles. The first-order valence-corrected chi connectivity index (χ1v) is 7.43. The van der Waals surface area contributed by atoms with Gasteiger partial charge in [-0.25, -0.2) is 0 Å². The number of amides is 1. The van der Waals surface area contributed by atoms with Gasteiger partial charge in [0.25, 0.3) is 5.91 Å². The maximum Gasteiger partial charge on any atom is 0.306 e. The second kappa shape index (κ2) is 6.74. The van der Waals surface area contributed by atoms with E-state index >= 15 is 0 Å². The summed E-state index contributed by atoms with van der Waals surface area (Å²) >= 11 is 5.82. The van der Waals surface area contributed by atoms with Crippen LogP contribution < -0.4 is 5.32 Å². The molecule has 0 radical (unpaired) electrons. The highest BCUT2D eigenvalue weighted by Gasteiger charge is 2.17. The molecule has 0 fully saturated rings. The number of benzene rings is 2. The molecule has 3 rings (SSSR count). The van der Waals surface area contributed by atoms with Crippen molar-refractivity contribution in [1.29, 1.82) is 0 Å². The van der Waals surface area contributed by atoms with Crippen LogP contribution in [0.15, 0.2) is 59.0 Å². The first-order chi connectivity index (χ1) is 11.9. The predicted molar refractivity (Wildman–Crippen MR) is 90.2 cm³/mol. The summed E-state index contributed by atoms with van der Waals surface area (Å²) in [6.07, 6.45) is 0. The molecule has 0 saturated heterocycles. The van der Waals surface area contributed by atoms with E-state index in [-0.39, 0.29) is 11.4 Å². The molecule has 0 aliphatic carbocycles. The number of carbonyl (C=O) groups is 1. The zero-order valence-corrected chi connectivity index (χ0v) is 13.3. The summed E-state index contributed by atoms with van der Waals surface area (Å²) in [5.74, 6) is -1.11. The average Bonchev–Trinajstić information content (AvgIpc) is 3.07. The minimum atomic E-state index is -0.981. The molecule has 0 bridgehead atoms. The van der Waals surface area contributed by atoms with Crippen molar-refractivity contribution in [3.8, 4) is 11.3 Å². The summed E-state index contributed by atoms with van der Waals surface area (Å²) in [5, 5.41) is 13.7. The van der Waals surface area contributed by atoms with Gasteiger partial charge in [0.2, 0.25) is 5.82 Å². The number of hydrogen-bond acceptors (Lipinski definition) is 4. The molecule has 1 heterocycles. The zero-order chi connectivity index (χ0) is 18.0. The van der Waals surface area contributed by atoms with Crippen LogP contribution in [-0.4, -0.2) is 10.8 Å². The quantitative estimate of drug-likeness (QED) is 0.529. The highest BCUT2D eigenvalue weighted by Crippen LogP contribution is 2.25. The van der Waals surface area contributed by atoms with E-state index in [1.54, 1.807) is 30.3 Å². The Balaban J connectivity index is 1.79. The van der Waals surface area contributed by atoms with Gasteiger partial charge in [-0.1, -0.05) is 11.6 Å². The molecule has 0 aliphatic heterocycles. The summed E-state index contributed by atoms with van der Waals surface area (Å²) in [5.41, 5.74) is 0.0995. The third-order valence-corrected chi connectivity index (χ3v) is 3.61. The van der Waals surface area contributed by atoms with Gasteiger partial charge in [-0.2, -0.15) is 4.39 Å². The van der Waals surface area contributed by atoms with Crippen LogP contribution in [-0.2, 0) is 0 Å². The van der Waals surface area contributed by atoms with E-state index < -0.39 is 22.3 Å². The Morgan fingerprint density at radius 2 is 1.84 bits per heavy atom. The first kappa shape index (κ1) is 16.7. The molecule has 0 spiro atoms. The normalized spacial score (nSPS) is 10.5. The number of nitro benzene ring substituents is 1. The number of nitro groups is 1. The lowest BCUT2D eigenvalue weighted by Crippen LogP contribution is -2.11. The molecule has 1 aromatic heterocycles. The number of nitrogens with zero attached hydrogens (tertiary/aromatic N) is 1. The van der Waals surface area contributed by atoms with Gasteiger partial charge in [-0.15, -0.1) is 0 Å². The van der Waals surface area contributed by atoms with Crippen LogP contribution in [0.2, 0.25) is 5.02 Å². The minimum absolute atomic E-state index is 0.0110. The van der Waals surface area contributed by atoms with Crippen LogP contribution in [0.1, 0.15) is 10.6 Å². The number of furan rings is 1. The Morgan fingerprint density at radius 3 is 2.52 bits per heavy atom. The Labute approximate surface area is 146 Å². The lowest BCUT2D eigenvalue weighted by molar-refractivity contribution is -0.387. The number of halogens is 2. The van der Waals surface area contributed by atoms with Crippen molar-refractivity contribution in [2.75, 3.05) is 5.32 Å². The van der Waals surface area contributed by atoms with Crippen molar-refractivity contribution in [3.63, 3.8) is 0 Å². The van der Waals surface area contributed by atoms with Gasteiger partial charge >= 0.3 is 5.69 Å². The predicted octanol–water partition coefficient (Wildman–Crippen LogP) is 4.90. The number of nitrogens with one attached hydrogen (secondary N) is 1. The van der Waals surface area contributed by atoms with Gasteiger partial charge in [0.1, 0.15) is 5.76 Å². The average molecular weight is 361 g/mol. The molecule has 6 nitrogen and oxygen atoms in total. The van der Waals surface area contributed by atoms with Gasteiger partial charge in [0.05, 0.1) is 4.92 Å². The van der Waals surface area contributed by atoms with Crippen molar-refractivity contribution in [3.05, 3.63) is 81.3 Å². The minimum Gasteiger partial charge on any atom is -0.451 e. The molecular weight excluding hydrogens is 351 g/mol. The van der Waals surface area contributed by atoms with Crippen molar-refractivity contribution < 1.29 is 18.5 Å². The molecule has 0 aliphatic rings. The van der Waals surface area contributed by atoms with Crippen LogP contribution in [0.25, 0.3) is 11.3 Å². The van der Waals surface area contributed by atoms with Crippen molar-refractivity contribution in [2.24, 2.45) is 0 Å². The highest BCUT2D eigenvalue weighted by molar-refractivity contribution is 6.30. The smallest absolute Gasteiger partial charge is 0.306 e. The van der Waals surface area contributed by atoms with E-state index in [9.17, 15) is 19.3 Å². The molecule has 1 N–H and O–H groups in total. The van der Waals surface area contributed by atoms with E-state index in [2.05, 4.69) is 5.32 Å². The van der Waals surface area contributed by atoms with Crippen LogP contribution in [0.4, 0.5) is 15.8 Å². The van der Waals surface area contributed by atoms with E-state index in [1.807, 2.05) is 0 Å². The van der Waals surface area contributed by atoms with Gasteiger partial charge in [0.15, 0.2) is 5.76 Å². The number of anilines is 1. The lowest BCUT2D eigenvalue weighted by Gasteiger charge is -2.03. The summed E-state index contributed by atoms with van der Waals surface area (Å²) in [6, 6.07) is 13.0. The molecule has 0 saturated carbocycles. The maximum absolute atomic E-state index is 13.3. The van der Waals surface area contributed by atoms with Crippen LogP contribution in [0.3, 0.4) is 0 Å². The Hall–Kier alpha value is -3.19. The molecule has 0 unspecified atom stereocenters. The monoisotopic (exact) mass is 360 g/mol. The fourth-order valence-electron chi connectivity index (χ4n) is 2.15. The number of carbonyl (C=O) groups excluding carboxylic acids is 1.